The minimum Gasteiger partial charge on any atom is -0.508 e. The maximum absolute atomic E-state index is 16.9. The zero-order valence-electron chi connectivity index (χ0n) is 45.2. The number of nitrogens with zero attached hydrogens (tertiary/aromatic N) is 9. The van der Waals surface area contributed by atoms with Gasteiger partial charge in [-0.05, 0) is 175 Å². The van der Waals surface area contributed by atoms with Crippen molar-refractivity contribution in [3.63, 3.8) is 0 Å². The number of piperidine rings is 3. The number of fused-ring (bicyclic) bond motifs is 5. The molecule has 0 radical (unpaired) electrons. The van der Waals surface area contributed by atoms with Gasteiger partial charge in [0.15, 0.2) is 5.82 Å². The number of carbonyl (C=O) groups excluding carboxylic acids is 3. The van der Waals surface area contributed by atoms with Crippen LogP contribution in [0.5, 0.6) is 11.8 Å². The molecule has 3 amide bonds. The number of aromatic nitrogens is 5. The van der Waals surface area contributed by atoms with E-state index in [2.05, 4.69) is 50.2 Å². The van der Waals surface area contributed by atoms with E-state index >= 15 is 4.39 Å². The Hall–Kier alpha value is -6.14. The minimum absolute atomic E-state index is 0.0370. The number of ether oxygens (including phenoxy) is 3. The predicted molar refractivity (Wildman–Crippen MR) is 291 cm³/mol. The molecule has 17 nitrogen and oxygen atoms in total. The molecule has 7 aliphatic heterocycles. The third-order valence-electron chi connectivity index (χ3n) is 18.7. The van der Waals surface area contributed by atoms with Gasteiger partial charge in [0.2, 0.25) is 11.8 Å². The molecule has 3 atom stereocenters. The molecular formula is C59H75FN10O7. The highest BCUT2D eigenvalue weighted by Gasteiger charge is 2.45. The molecule has 2 aromatic carbocycles. The van der Waals surface area contributed by atoms with Gasteiger partial charge in [-0.3, -0.25) is 24.5 Å². The fourth-order valence-corrected chi connectivity index (χ4v) is 14.6. The van der Waals surface area contributed by atoms with Crippen LogP contribution in [-0.4, -0.2) is 142 Å². The summed E-state index contributed by atoms with van der Waals surface area (Å²) in [6.45, 7) is 10.7. The SMILES string of the molecule is CC1CCCc2cc(O)cc(-c3nc4c5c(nc(OCC67CCCN6CCC7)nc5c3F)N3CCCOCC3CC4)c21.COC(=O)N1CCC(CC2CCN(c3ccc4c(C5CCC(=O)NC5=O)nn(C)c4c3)CC2)CC1. The van der Waals surface area contributed by atoms with Gasteiger partial charge in [0.05, 0.1) is 53.5 Å². The van der Waals surface area contributed by atoms with E-state index in [1.165, 1.54) is 44.9 Å². The molecule has 8 aliphatic rings. The maximum atomic E-state index is 16.9. The highest BCUT2D eigenvalue weighted by atomic mass is 19.1. The molecule has 2 N–H and O–H groups in total. The first-order valence-electron chi connectivity index (χ1n) is 28.8. The Morgan fingerprint density at radius 1 is 0.883 bits per heavy atom. The highest BCUT2D eigenvalue weighted by Crippen LogP contribution is 2.45. The Labute approximate surface area is 450 Å². The molecule has 5 aromatic rings. The van der Waals surface area contributed by atoms with Crippen molar-refractivity contribution in [2.75, 3.05) is 82.5 Å². The van der Waals surface area contributed by atoms with Gasteiger partial charge in [-0.25, -0.2) is 14.2 Å². The average molecular weight is 1060 g/mol. The van der Waals surface area contributed by atoms with Crippen LogP contribution in [0, 0.1) is 17.7 Å². The van der Waals surface area contributed by atoms with Crippen LogP contribution in [0.3, 0.4) is 0 Å². The van der Waals surface area contributed by atoms with E-state index in [0.29, 0.717) is 56.0 Å². The lowest BCUT2D eigenvalue weighted by atomic mass is 9.80. The molecule has 3 unspecified atom stereocenters. The standard InChI is InChI=1S/C33H40FN5O3.C26H35N5O4/c1-20-6-2-7-21-16-23(40)17-24(26(20)21)29-28(34)30-27-25(35-29)9-8-22-18-41-15-5-14-39(22)31(27)37-32(36-30)42-19-33-10-3-12-38(33)13-4-11-33;1-29-22-16-19(3-4-20(22)24(28-29)21-5-6-23(32)27-25(21)33)30-11-7-17(8-12-30)15-18-9-13-31(14-10-18)26(34)35-2/h16-17,20,22,40H,2-15,18-19H2,1H3;3-4,16-18,21H,5-15H2,1-2H3,(H,27,32,33). The second kappa shape index (κ2) is 21.6. The molecule has 1 aliphatic carbocycles. The maximum Gasteiger partial charge on any atom is 0.409 e. The van der Waals surface area contributed by atoms with Crippen molar-refractivity contribution in [2.45, 2.75) is 139 Å². The molecule has 6 saturated heterocycles. The van der Waals surface area contributed by atoms with E-state index in [1.807, 2.05) is 22.7 Å². The second-order valence-corrected chi connectivity index (χ2v) is 23.4. The van der Waals surface area contributed by atoms with Gasteiger partial charge in [-0.15, -0.1) is 0 Å². The van der Waals surface area contributed by atoms with Crippen LogP contribution in [-0.2, 0) is 39.0 Å². The number of methoxy groups -OCH3 is 1. The van der Waals surface area contributed by atoms with Gasteiger partial charge >= 0.3 is 12.1 Å². The molecule has 410 valence electrons. The molecule has 0 spiro atoms. The Kier molecular flexibility index (Phi) is 14.5. The Bertz CT molecular complexity index is 3050. The number of rotatable bonds is 8. The summed E-state index contributed by atoms with van der Waals surface area (Å²) in [7, 11) is 3.37. The van der Waals surface area contributed by atoms with Crippen LogP contribution in [0.2, 0.25) is 0 Å². The molecular weight excluding hydrogens is 980 g/mol. The number of hydrogen-bond acceptors (Lipinski definition) is 14. The fraction of sp³-hybridized carbons (Fsp3) is 0.610. The van der Waals surface area contributed by atoms with Crippen LogP contribution in [0.1, 0.15) is 138 Å². The number of hydrogen-bond donors (Lipinski definition) is 2. The fourth-order valence-electron chi connectivity index (χ4n) is 14.6. The van der Waals surface area contributed by atoms with Crippen molar-refractivity contribution in [3.05, 3.63) is 58.7 Å². The van der Waals surface area contributed by atoms with Gasteiger partial charge in [0, 0.05) is 69.4 Å². The number of anilines is 2. The van der Waals surface area contributed by atoms with Crippen LogP contribution in [0.15, 0.2) is 30.3 Å². The lowest BCUT2D eigenvalue weighted by Gasteiger charge is -2.37. The number of halogens is 1. The first-order chi connectivity index (χ1) is 37.4. The molecule has 10 heterocycles. The van der Waals surface area contributed by atoms with E-state index in [0.717, 1.165) is 149 Å². The summed E-state index contributed by atoms with van der Waals surface area (Å²) in [4.78, 5) is 59.6. The number of pyridine rings is 1. The van der Waals surface area contributed by atoms with Crippen LogP contribution in [0.4, 0.5) is 20.7 Å². The normalized spacial score (nSPS) is 23.9. The summed E-state index contributed by atoms with van der Waals surface area (Å²) in [6, 6.07) is 10.3. The van der Waals surface area contributed by atoms with Crippen molar-refractivity contribution in [1.82, 2.24) is 39.8 Å². The van der Waals surface area contributed by atoms with Gasteiger partial charge in [-0.2, -0.15) is 15.1 Å². The van der Waals surface area contributed by atoms with Crippen LogP contribution >= 0.6 is 0 Å². The first-order valence-corrected chi connectivity index (χ1v) is 28.8. The Balaban J connectivity index is 0.000000158. The number of carbonyl (C=O) groups is 3. The molecule has 0 bridgehead atoms. The smallest absolute Gasteiger partial charge is 0.409 e. The Morgan fingerprint density at radius 3 is 2.43 bits per heavy atom. The average Bonchev–Trinajstić information content (AvgIpc) is 4.09. The number of imide groups is 1. The van der Waals surface area contributed by atoms with Gasteiger partial charge < -0.3 is 34.0 Å². The van der Waals surface area contributed by atoms with Gasteiger partial charge in [0.1, 0.15) is 29.4 Å². The quantitative estimate of drug-likeness (QED) is 0.141. The summed E-state index contributed by atoms with van der Waals surface area (Å²) >= 11 is 0. The lowest BCUT2D eigenvalue weighted by Crippen LogP contribution is -2.43. The van der Waals surface area contributed by atoms with Crippen molar-refractivity contribution >= 4 is 51.2 Å². The molecule has 18 heteroatoms. The lowest BCUT2D eigenvalue weighted by molar-refractivity contribution is -0.134. The summed E-state index contributed by atoms with van der Waals surface area (Å²) in [5, 5.41) is 19.5. The third kappa shape index (κ3) is 10.1. The number of benzene rings is 2. The zero-order valence-corrected chi connectivity index (χ0v) is 45.2. The van der Waals surface area contributed by atoms with Gasteiger partial charge in [-0.1, -0.05) is 6.92 Å². The molecule has 3 aromatic heterocycles. The first kappa shape index (κ1) is 51.6. The number of nitrogens with one attached hydrogen (secondary N) is 1. The number of likely N-dealkylation sites (tertiary alicyclic amines) is 1. The summed E-state index contributed by atoms with van der Waals surface area (Å²) in [6.07, 6.45) is 16.4. The van der Waals surface area contributed by atoms with E-state index in [1.54, 1.807) is 6.07 Å². The molecule has 13 rings (SSSR count). The van der Waals surface area contributed by atoms with Gasteiger partial charge in [0.25, 0.3) is 0 Å². The van der Waals surface area contributed by atoms with Crippen LogP contribution < -0.4 is 19.9 Å². The Morgan fingerprint density at radius 2 is 1.66 bits per heavy atom. The van der Waals surface area contributed by atoms with E-state index < -0.39 is 5.82 Å². The number of phenols is 1. The van der Waals surface area contributed by atoms with Crippen molar-refractivity contribution in [1.29, 1.82) is 0 Å². The van der Waals surface area contributed by atoms with Crippen molar-refractivity contribution in [2.24, 2.45) is 18.9 Å². The van der Waals surface area contributed by atoms with E-state index in [4.69, 9.17) is 29.2 Å². The van der Waals surface area contributed by atoms with E-state index in [9.17, 15) is 19.5 Å². The largest absolute Gasteiger partial charge is 0.508 e. The molecule has 77 heavy (non-hydrogen) atoms. The summed E-state index contributed by atoms with van der Waals surface area (Å²) in [5.41, 5.74) is 7.24. The molecule has 0 saturated carbocycles. The number of aryl methyl sites for hydroxylation is 3. The minimum atomic E-state index is -0.459. The highest BCUT2D eigenvalue weighted by molar-refractivity contribution is 6.03. The monoisotopic (exact) mass is 1050 g/mol. The number of phenolic OH excluding ortho intramolecular Hbond substituents is 1. The van der Waals surface area contributed by atoms with Crippen molar-refractivity contribution in [3.8, 4) is 23.0 Å². The van der Waals surface area contributed by atoms with E-state index in [-0.39, 0.29) is 64.3 Å². The number of amides is 3. The topological polar surface area (TPSA) is 181 Å². The third-order valence-corrected chi connectivity index (χ3v) is 18.7. The zero-order chi connectivity index (χ0) is 53.0. The summed E-state index contributed by atoms with van der Waals surface area (Å²) in [5.74, 6) is 1.28. The summed E-state index contributed by atoms with van der Waals surface area (Å²) < 4.78 is 36.0. The number of aromatic hydroxyl groups is 1. The second-order valence-electron chi connectivity index (χ2n) is 23.4. The van der Waals surface area contributed by atoms with Crippen molar-refractivity contribution < 1.29 is 38.1 Å². The molecule has 6 fully saturated rings. The predicted octanol–water partition coefficient (Wildman–Crippen LogP) is 8.70. The van der Waals surface area contributed by atoms with Crippen LogP contribution in [0.25, 0.3) is 33.1 Å².